The molecule has 1 amide bonds. The van der Waals surface area contributed by atoms with Crippen molar-refractivity contribution in [2.45, 2.75) is 19.8 Å². The van der Waals surface area contributed by atoms with Crippen LogP contribution in [0.25, 0.3) is 0 Å². The van der Waals surface area contributed by atoms with Gasteiger partial charge in [-0.05, 0) is 70.6 Å². The molecule has 1 aromatic rings. The molecule has 0 aliphatic carbocycles. The molecule has 1 aromatic carbocycles. The minimum absolute atomic E-state index is 0. The second-order valence-electron chi connectivity index (χ2n) is 6.87. The first-order valence-electron chi connectivity index (χ1n) is 8.47. The van der Waals surface area contributed by atoms with Gasteiger partial charge in [-0.2, -0.15) is 0 Å². The zero-order valence-electron chi connectivity index (χ0n) is 15.5. The number of carbonyl (C=O) groups is 1. The Balaban J connectivity index is 0.00000288. The molecule has 0 bridgehead atoms. The molecular weight excluding hydrogens is 359 g/mol. The van der Waals surface area contributed by atoms with Crippen molar-refractivity contribution in [2.75, 3.05) is 52.6 Å². The molecule has 1 fully saturated rings. The highest BCUT2D eigenvalue weighted by Crippen LogP contribution is 2.17. The number of aryl methyl sites for hydroxylation is 1. The number of piperidine rings is 1. The van der Waals surface area contributed by atoms with Crippen LogP contribution in [0.4, 0.5) is 5.69 Å². The fourth-order valence-electron chi connectivity index (χ4n) is 2.97. The lowest BCUT2D eigenvalue weighted by Gasteiger charge is -2.32. The maximum atomic E-state index is 12.3. The molecule has 0 spiro atoms. The summed E-state index contributed by atoms with van der Waals surface area (Å²) in [6.07, 6.45) is 2.31. The second kappa shape index (κ2) is 11.6. The number of nitrogens with one attached hydrogen (secondary N) is 1. The van der Waals surface area contributed by atoms with E-state index in [2.05, 4.69) is 29.2 Å². The molecular formula is C18H32Cl2N4O. The van der Waals surface area contributed by atoms with Crippen molar-refractivity contribution in [3.8, 4) is 0 Å². The fraction of sp³-hybridized carbons (Fsp3) is 0.611. The summed E-state index contributed by atoms with van der Waals surface area (Å²) >= 11 is 0. The number of rotatable bonds is 6. The Bertz CT molecular complexity index is 532. The van der Waals surface area contributed by atoms with Crippen LogP contribution in [0.15, 0.2) is 18.2 Å². The first-order chi connectivity index (χ1) is 11.0. The predicted molar refractivity (Wildman–Crippen MR) is 110 cm³/mol. The lowest BCUT2D eigenvalue weighted by molar-refractivity contribution is 0.0934. The Morgan fingerprint density at radius 1 is 1.28 bits per heavy atom. The van der Waals surface area contributed by atoms with Gasteiger partial charge in [0.25, 0.3) is 5.91 Å². The third-order valence-electron chi connectivity index (χ3n) is 4.63. The van der Waals surface area contributed by atoms with Crippen LogP contribution in [0.2, 0.25) is 0 Å². The van der Waals surface area contributed by atoms with Gasteiger partial charge < -0.3 is 20.9 Å². The van der Waals surface area contributed by atoms with Crippen LogP contribution < -0.4 is 11.1 Å². The Morgan fingerprint density at radius 2 is 1.92 bits per heavy atom. The lowest BCUT2D eigenvalue weighted by atomic mass is 9.96. The molecule has 0 radical (unpaired) electrons. The van der Waals surface area contributed by atoms with Crippen molar-refractivity contribution < 1.29 is 4.79 Å². The van der Waals surface area contributed by atoms with Gasteiger partial charge in [0.2, 0.25) is 0 Å². The van der Waals surface area contributed by atoms with Gasteiger partial charge in [0.15, 0.2) is 0 Å². The van der Waals surface area contributed by atoms with Gasteiger partial charge >= 0.3 is 0 Å². The van der Waals surface area contributed by atoms with Crippen molar-refractivity contribution in [3.05, 3.63) is 29.3 Å². The molecule has 1 aliphatic heterocycles. The molecule has 0 aromatic heterocycles. The third-order valence-corrected chi connectivity index (χ3v) is 4.63. The summed E-state index contributed by atoms with van der Waals surface area (Å²) in [5.41, 5.74) is 8.07. The van der Waals surface area contributed by atoms with E-state index in [-0.39, 0.29) is 30.7 Å². The number of nitrogens with two attached hydrogens (primary N) is 1. The average Bonchev–Trinajstić information content (AvgIpc) is 2.53. The van der Waals surface area contributed by atoms with Gasteiger partial charge in [-0.1, -0.05) is 6.07 Å². The van der Waals surface area contributed by atoms with Crippen LogP contribution in [-0.2, 0) is 0 Å². The van der Waals surface area contributed by atoms with Crippen LogP contribution >= 0.6 is 24.8 Å². The van der Waals surface area contributed by atoms with E-state index in [4.69, 9.17) is 5.73 Å². The molecule has 1 heterocycles. The number of hydrogen-bond donors (Lipinski definition) is 2. The SMILES string of the molecule is Cc1ccc(N)cc1C(=O)NCC1CCN(CCN(C)C)CC1.Cl.Cl. The number of benzene rings is 1. The minimum Gasteiger partial charge on any atom is -0.399 e. The maximum Gasteiger partial charge on any atom is 0.251 e. The number of anilines is 1. The molecule has 0 unspecified atom stereocenters. The monoisotopic (exact) mass is 390 g/mol. The van der Waals surface area contributed by atoms with Crippen molar-refractivity contribution in [2.24, 2.45) is 5.92 Å². The molecule has 5 nitrogen and oxygen atoms in total. The summed E-state index contributed by atoms with van der Waals surface area (Å²) < 4.78 is 0. The number of hydrogen-bond acceptors (Lipinski definition) is 4. The average molecular weight is 391 g/mol. The largest absolute Gasteiger partial charge is 0.399 e. The molecule has 1 saturated heterocycles. The number of halogens is 2. The van der Waals surface area contributed by atoms with Gasteiger partial charge in [0.1, 0.15) is 0 Å². The van der Waals surface area contributed by atoms with Crippen LogP contribution in [0.1, 0.15) is 28.8 Å². The molecule has 2 rings (SSSR count). The smallest absolute Gasteiger partial charge is 0.251 e. The number of amides is 1. The van der Waals surface area contributed by atoms with Gasteiger partial charge in [0, 0.05) is 30.9 Å². The number of likely N-dealkylation sites (N-methyl/N-ethyl adjacent to an activating group) is 1. The number of likely N-dealkylation sites (tertiary alicyclic amines) is 1. The van der Waals surface area contributed by atoms with E-state index >= 15 is 0 Å². The van der Waals surface area contributed by atoms with E-state index < -0.39 is 0 Å². The molecule has 3 N–H and O–H groups in total. The van der Waals surface area contributed by atoms with Gasteiger partial charge in [-0.15, -0.1) is 24.8 Å². The van der Waals surface area contributed by atoms with Crippen LogP contribution in [0, 0.1) is 12.8 Å². The van der Waals surface area contributed by atoms with E-state index in [1.54, 1.807) is 6.07 Å². The van der Waals surface area contributed by atoms with Gasteiger partial charge in [-0.3, -0.25) is 4.79 Å². The first kappa shape index (κ1) is 24.0. The zero-order valence-corrected chi connectivity index (χ0v) is 17.1. The van der Waals surface area contributed by atoms with E-state index in [9.17, 15) is 4.79 Å². The number of nitrogen functional groups attached to an aromatic ring is 1. The van der Waals surface area contributed by atoms with Crippen LogP contribution in [0.5, 0.6) is 0 Å². The topological polar surface area (TPSA) is 61.6 Å². The Labute approximate surface area is 164 Å². The molecule has 144 valence electrons. The Morgan fingerprint density at radius 3 is 2.52 bits per heavy atom. The van der Waals surface area contributed by atoms with E-state index in [0.717, 1.165) is 51.1 Å². The molecule has 25 heavy (non-hydrogen) atoms. The number of nitrogens with zero attached hydrogens (tertiary/aromatic N) is 2. The predicted octanol–water partition coefficient (Wildman–Crippen LogP) is 2.42. The van der Waals surface area contributed by atoms with Crippen LogP contribution in [-0.4, -0.2) is 62.5 Å². The summed E-state index contributed by atoms with van der Waals surface area (Å²) in [4.78, 5) is 17.1. The van der Waals surface area contributed by atoms with Crippen molar-refractivity contribution in [1.82, 2.24) is 15.1 Å². The quantitative estimate of drug-likeness (QED) is 0.732. The van der Waals surface area contributed by atoms with Crippen molar-refractivity contribution in [1.29, 1.82) is 0 Å². The second-order valence-corrected chi connectivity index (χ2v) is 6.87. The number of carbonyl (C=O) groups excluding carboxylic acids is 1. The van der Waals surface area contributed by atoms with E-state index in [1.165, 1.54) is 0 Å². The van der Waals surface area contributed by atoms with Gasteiger partial charge in [-0.25, -0.2) is 0 Å². The lowest BCUT2D eigenvalue weighted by Crippen LogP contribution is -2.41. The summed E-state index contributed by atoms with van der Waals surface area (Å²) in [6, 6.07) is 5.48. The summed E-state index contributed by atoms with van der Waals surface area (Å²) in [7, 11) is 4.22. The zero-order chi connectivity index (χ0) is 16.8. The van der Waals surface area contributed by atoms with Crippen molar-refractivity contribution in [3.63, 3.8) is 0 Å². The highest BCUT2D eigenvalue weighted by atomic mass is 35.5. The molecule has 0 saturated carbocycles. The first-order valence-corrected chi connectivity index (χ1v) is 8.47. The standard InChI is InChI=1S/C18H30N4O.2ClH/c1-14-4-5-16(19)12-17(14)18(23)20-13-15-6-8-22(9-7-15)11-10-21(2)3;;/h4-5,12,15H,6-11,13,19H2,1-3H3,(H,20,23);2*1H. The minimum atomic E-state index is -0.00941. The molecule has 0 atom stereocenters. The Kier molecular flexibility index (Phi) is 11.1. The van der Waals surface area contributed by atoms with Gasteiger partial charge in [0.05, 0.1) is 0 Å². The Hall–Kier alpha value is -1.01. The van der Waals surface area contributed by atoms with E-state index in [1.807, 2.05) is 19.1 Å². The summed E-state index contributed by atoms with van der Waals surface area (Å²) in [5, 5.41) is 3.08. The highest BCUT2D eigenvalue weighted by Gasteiger charge is 2.20. The summed E-state index contributed by atoms with van der Waals surface area (Å²) in [5.74, 6) is 0.570. The van der Waals surface area contributed by atoms with E-state index in [0.29, 0.717) is 17.2 Å². The highest BCUT2D eigenvalue weighted by molar-refractivity contribution is 5.96. The van der Waals surface area contributed by atoms with Crippen LogP contribution in [0.3, 0.4) is 0 Å². The fourth-order valence-corrected chi connectivity index (χ4v) is 2.97. The molecule has 7 heteroatoms. The molecule has 1 aliphatic rings. The maximum absolute atomic E-state index is 12.3. The third kappa shape index (κ3) is 7.82. The summed E-state index contributed by atoms with van der Waals surface area (Å²) in [6.45, 7) is 7.20. The normalized spacial score (nSPS) is 15.4. The van der Waals surface area contributed by atoms with Crippen molar-refractivity contribution >= 4 is 36.4 Å².